The molecule has 7 heteroatoms. The van der Waals surface area contributed by atoms with Gasteiger partial charge in [-0.25, -0.2) is 12.7 Å². The van der Waals surface area contributed by atoms with Crippen molar-refractivity contribution in [2.45, 2.75) is 24.2 Å². The Morgan fingerprint density at radius 2 is 2.13 bits per heavy atom. The lowest BCUT2D eigenvalue weighted by Gasteiger charge is -2.15. The first kappa shape index (κ1) is 17.5. The molecule has 0 heterocycles. The third kappa shape index (κ3) is 4.11. The summed E-state index contributed by atoms with van der Waals surface area (Å²) in [5.74, 6) is 0.520. The van der Waals surface area contributed by atoms with E-state index in [0.717, 1.165) is 17.1 Å². The lowest BCUT2D eigenvalue weighted by atomic mass is 10.1. The summed E-state index contributed by atoms with van der Waals surface area (Å²) in [6.45, 7) is 0. The fourth-order valence-electron chi connectivity index (χ4n) is 2.46. The average Bonchev–Trinajstić information content (AvgIpc) is 2.99. The van der Waals surface area contributed by atoms with Crippen molar-refractivity contribution in [3.05, 3.63) is 30.4 Å². The van der Waals surface area contributed by atoms with E-state index in [1.165, 1.54) is 33.3 Å². The Morgan fingerprint density at radius 1 is 1.39 bits per heavy atom. The Balaban J connectivity index is 2.22. The second-order valence-electron chi connectivity index (χ2n) is 5.67. The number of hydrogen-bond acceptors (Lipinski definition) is 4. The zero-order valence-electron chi connectivity index (χ0n) is 13.6. The Hall–Kier alpha value is -1.86. The molecule has 23 heavy (non-hydrogen) atoms. The Labute approximate surface area is 137 Å². The maximum atomic E-state index is 12.2. The van der Waals surface area contributed by atoms with Crippen LogP contribution in [0.4, 0.5) is 5.69 Å². The first-order valence-corrected chi connectivity index (χ1v) is 8.85. The van der Waals surface area contributed by atoms with Crippen LogP contribution in [0.3, 0.4) is 0 Å². The Kier molecular flexibility index (Phi) is 5.43. The van der Waals surface area contributed by atoms with E-state index >= 15 is 0 Å². The third-order valence-corrected chi connectivity index (χ3v) is 5.59. The highest BCUT2D eigenvalue weighted by Gasteiger charge is 2.20. The quantitative estimate of drug-likeness (QED) is 0.807. The molecule has 0 fully saturated rings. The van der Waals surface area contributed by atoms with Crippen LogP contribution in [0.2, 0.25) is 0 Å². The first-order valence-electron chi connectivity index (χ1n) is 7.41. The molecule has 1 aliphatic carbocycles. The van der Waals surface area contributed by atoms with Gasteiger partial charge in [0, 0.05) is 20.5 Å². The van der Waals surface area contributed by atoms with Crippen LogP contribution in [0, 0.1) is 5.92 Å². The van der Waals surface area contributed by atoms with Crippen molar-refractivity contribution in [1.82, 2.24) is 4.31 Å². The molecule has 0 saturated carbocycles. The number of benzene rings is 1. The molecule has 0 saturated heterocycles. The predicted octanol–water partition coefficient (Wildman–Crippen LogP) is 2.24. The average molecular weight is 338 g/mol. The molecule has 1 aliphatic rings. The molecule has 1 N–H and O–H groups in total. The molecule has 0 aromatic heterocycles. The van der Waals surface area contributed by atoms with E-state index in [0.29, 0.717) is 17.9 Å². The summed E-state index contributed by atoms with van der Waals surface area (Å²) in [5.41, 5.74) is 0.363. The number of allylic oxidation sites excluding steroid dienone is 2. The number of amides is 1. The van der Waals surface area contributed by atoms with Gasteiger partial charge >= 0.3 is 0 Å². The summed E-state index contributed by atoms with van der Waals surface area (Å²) < 4.78 is 30.8. The van der Waals surface area contributed by atoms with E-state index in [1.807, 2.05) is 6.08 Å². The van der Waals surface area contributed by atoms with Gasteiger partial charge in [-0.15, -0.1) is 0 Å². The molecule has 2 rings (SSSR count). The third-order valence-electron chi connectivity index (χ3n) is 3.78. The second kappa shape index (κ2) is 7.14. The van der Waals surface area contributed by atoms with Crippen molar-refractivity contribution in [2.24, 2.45) is 5.92 Å². The van der Waals surface area contributed by atoms with E-state index in [9.17, 15) is 13.2 Å². The number of anilines is 1. The smallest absolute Gasteiger partial charge is 0.242 e. The van der Waals surface area contributed by atoms with Crippen LogP contribution in [0.25, 0.3) is 0 Å². The molecule has 126 valence electrons. The number of carbonyl (C=O) groups is 1. The van der Waals surface area contributed by atoms with Crippen molar-refractivity contribution in [3.8, 4) is 5.75 Å². The molecule has 1 atom stereocenters. The molecule has 6 nitrogen and oxygen atoms in total. The SMILES string of the molecule is COc1ccc(S(=O)(=O)N(C)C)cc1NC(=O)C[C@H]1C=CCC1. The summed E-state index contributed by atoms with van der Waals surface area (Å²) in [6, 6.07) is 4.43. The van der Waals surface area contributed by atoms with Crippen molar-refractivity contribution >= 4 is 21.6 Å². The molecule has 0 unspecified atom stereocenters. The van der Waals surface area contributed by atoms with Gasteiger partial charge in [-0.3, -0.25) is 4.79 Å². The maximum absolute atomic E-state index is 12.2. The van der Waals surface area contributed by atoms with Gasteiger partial charge in [0.1, 0.15) is 5.75 Å². The van der Waals surface area contributed by atoms with Crippen LogP contribution >= 0.6 is 0 Å². The van der Waals surface area contributed by atoms with Crippen LogP contribution in [-0.2, 0) is 14.8 Å². The standard InChI is InChI=1S/C16H22N2O4S/c1-18(2)23(20,21)13-8-9-15(22-3)14(11-13)17-16(19)10-12-6-4-5-7-12/h4,6,8-9,11-12H,5,7,10H2,1-3H3,(H,17,19)/t12-/m0/s1. The molecule has 0 bridgehead atoms. The van der Waals surface area contributed by atoms with Crippen molar-refractivity contribution in [2.75, 3.05) is 26.5 Å². The normalized spacial score (nSPS) is 17.5. The van der Waals surface area contributed by atoms with Gasteiger partial charge < -0.3 is 10.1 Å². The molecule has 0 aliphatic heterocycles. The molecule has 0 radical (unpaired) electrons. The summed E-state index contributed by atoms with van der Waals surface area (Å²) >= 11 is 0. The number of methoxy groups -OCH3 is 1. The van der Waals surface area contributed by atoms with E-state index in [-0.39, 0.29) is 16.7 Å². The van der Waals surface area contributed by atoms with Crippen molar-refractivity contribution < 1.29 is 17.9 Å². The topological polar surface area (TPSA) is 75.7 Å². The molecule has 1 aromatic carbocycles. The van der Waals surface area contributed by atoms with Gasteiger partial charge in [-0.05, 0) is 37.0 Å². The zero-order valence-corrected chi connectivity index (χ0v) is 14.4. The fraction of sp³-hybridized carbons (Fsp3) is 0.438. The lowest BCUT2D eigenvalue weighted by molar-refractivity contribution is -0.116. The van der Waals surface area contributed by atoms with Gasteiger partial charge in [0.15, 0.2) is 0 Å². The van der Waals surface area contributed by atoms with Gasteiger partial charge in [0.2, 0.25) is 15.9 Å². The van der Waals surface area contributed by atoms with Gasteiger partial charge in [-0.2, -0.15) is 0 Å². The largest absolute Gasteiger partial charge is 0.495 e. The fourth-order valence-corrected chi connectivity index (χ4v) is 3.39. The molecular formula is C16H22N2O4S. The summed E-state index contributed by atoms with van der Waals surface area (Å²) in [4.78, 5) is 12.3. The number of hydrogen-bond donors (Lipinski definition) is 1. The number of rotatable bonds is 6. The van der Waals surface area contributed by atoms with Crippen molar-refractivity contribution in [1.29, 1.82) is 0 Å². The van der Waals surface area contributed by atoms with Crippen LogP contribution in [0.5, 0.6) is 5.75 Å². The summed E-state index contributed by atoms with van der Waals surface area (Å²) in [5, 5.41) is 2.76. The highest BCUT2D eigenvalue weighted by Crippen LogP contribution is 2.29. The Morgan fingerprint density at radius 3 is 2.70 bits per heavy atom. The van der Waals surface area contributed by atoms with E-state index in [4.69, 9.17) is 4.74 Å². The molecule has 0 spiro atoms. The van der Waals surface area contributed by atoms with Crippen LogP contribution in [0.15, 0.2) is 35.2 Å². The Bertz CT molecular complexity index is 711. The summed E-state index contributed by atoms with van der Waals surface area (Å²) in [7, 11) is 0.835. The van der Waals surface area contributed by atoms with E-state index in [2.05, 4.69) is 11.4 Å². The van der Waals surface area contributed by atoms with Crippen LogP contribution in [-0.4, -0.2) is 39.8 Å². The minimum Gasteiger partial charge on any atom is -0.495 e. The highest BCUT2D eigenvalue weighted by molar-refractivity contribution is 7.89. The van der Waals surface area contributed by atoms with E-state index in [1.54, 1.807) is 6.07 Å². The molecule has 1 amide bonds. The lowest BCUT2D eigenvalue weighted by Crippen LogP contribution is -2.22. The second-order valence-corrected chi connectivity index (χ2v) is 7.82. The van der Waals surface area contributed by atoms with Crippen LogP contribution < -0.4 is 10.1 Å². The summed E-state index contributed by atoms with van der Waals surface area (Å²) in [6.07, 6.45) is 6.47. The maximum Gasteiger partial charge on any atom is 0.242 e. The van der Waals surface area contributed by atoms with Crippen LogP contribution in [0.1, 0.15) is 19.3 Å². The first-order chi connectivity index (χ1) is 10.8. The molecule has 1 aromatic rings. The van der Waals surface area contributed by atoms with Crippen molar-refractivity contribution in [3.63, 3.8) is 0 Å². The number of nitrogens with one attached hydrogen (secondary N) is 1. The minimum absolute atomic E-state index is 0.111. The monoisotopic (exact) mass is 338 g/mol. The molecular weight excluding hydrogens is 316 g/mol. The van der Waals surface area contributed by atoms with Gasteiger partial charge in [-0.1, -0.05) is 12.2 Å². The minimum atomic E-state index is -3.57. The zero-order chi connectivity index (χ0) is 17.0. The number of ether oxygens (including phenoxy) is 1. The predicted molar refractivity (Wildman–Crippen MR) is 89.0 cm³/mol. The number of sulfonamides is 1. The number of nitrogens with zero attached hydrogens (tertiary/aromatic N) is 1. The number of carbonyl (C=O) groups excluding carboxylic acids is 1. The van der Waals surface area contributed by atoms with Gasteiger partial charge in [0.25, 0.3) is 0 Å². The van der Waals surface area contributed by atoms with Gasteiger partial charge in [0.05, 0.1) is 17.7 Å². The van der Waals surface area contributed by atoms with E-state index < -0.39 is 10.0 Å². The highest BCUT2D eigenvalue weighted by atomic mass is 32.2.